The minimum atomic E-state index is -3.60. The second-order valence-electron chi connectivity index (χ2n) is 8.72. The van der Waals surface area contributed by atoms with Crippen LogP contribution in [0, 0.1) is 13.8 Å². The topological polar surface area (TPSA) is 66.5 Å². The van der Waals surface area contributed by atoms with Crippen molar-refractivity contribution < 1.29 is 13.2 Å². The molecule has 6 heteroatoms. The molecule has 0 spiro atoms. The van der Waals surface area contributed by atoms with Gasteiger partial charge in [0.25, 0.3) is 0 Å². The summed E-state index contributed by atoms with van der Waals surface area (Å²) in [6.07, 6.45) is 1.12. The zero-order valence-electron chi connectivity index (χ0n) is 18.4. The highest BCUT2D eigenvalue weighted by atomic mass is 32.2. The van der Waals surface area contributed by atoms with Crippen LogP contribution in [0.15, 0.2) is 42.5 Å². The maximum atomic E-state index is 12.6. The number of carbonyl (C=O) groups is 1. The highest BCUT2D eigenvalue weighted by Crippen LogP contribution is 2.26. The smallest absolute Gasteiger partial charge is 0.241 e. The molecule has 0 aliphatic heterocycles. The molecule has 2 aromatic rings. The second-order valence-corrected chi connectivity index (χ2v) is 10.6. The largest absolute Gasteiger partial charge is 0.348 e. The van der Waals surface area contributed by atoms with E-state index in [0.717, 1.165) is 32.8 Å². The van der Waals surface area contributed by atoms with Gasteiger partial charge >= 0.3 is 0 Å². The summed E-state index contributed by atoms with van der Waals surface area (Å²) in [7, 11) is -3.60. The van der Waals surface area contributed by atoms with E-state index in [4.69, 9.17) is 0 Å². The van der Waals surface area contributed by atoms with E-state index in [9.17, 15) is 13.2 Å². The first-order valence-electron chi connectivity index (χ1n) is 9.74. The third kappa shape index (κ3) is 6.07. The minimum Gasteiger partial charge on any atom is -0.348 e. The zero-order valence-corrected chi connectivity index (χ0v) is 19.2. The standard InChI is InChI=1S/C23H32N2O3S/c1-16-8-13-21(17(2)14-16)18(3)24-22(26)15-25(29(7,27)28)20-11-9-19(10-12-20)23(4,5)6/h8-14,18H,15H2,1-7H3,(H,24,26)/t18-/m1/s1. The SMILES string of the molecule is Cc1ccc([C@@H](C)NC(=O)CN(c2ccc(C(C)(C)C)cc2)S(C)(=O)=O)c(C)c1. The molecule has 0 aromatic heterocycles. The highest BCUT2D eigenvalue weighted by Gasteiger charge is 2.23. The summed E-state index contributed by atoms with van der Waals surface area (Å²) in [4.78, 5) is 12.6. The third-order valence-electron chi connectivity index (χ3n) is 4.98. The molecule has 1 amide bonds. The van der Waals surface area contributed by atoms with Crippen LogP contribution in [-0.2, 0) is 20.2 Å². The molecule has 1 atom stereocenters. The van der Waals surface area contributed by atoms with Gasteiger partial charge in [-0.25, -0.2) is 8.42 Å². The van der Waals surface area contributed by atoms with Gasteiger partial charge in [-0.15, -0.1) is 0 Å². The molecule has 2 rings (SSSR count). The molecule has 0 heterocycles. The fourth-order valence-corrected chi connectivity index (χ4v) is 4.19. The van der Waals surface area contributed by atoms with Gasteiger partial charge in [0, 0.05) is 0 Å². The maximum Gasteiger partial charge on any atom is 0.241 e. The van der Waals surface area contributed by atoms with Crippen LogP contribution in [0.3, 0.4) is 0 Å². The summed E-state index contributed by atoms with van der Waals surface area (Å²) in [6.45, 7) is 12.0. The normalized spacial score (nSPS) is 13.1. The van der Waals surface area contributed by atoms with E-state index in [1.165, 1.54) is 0 Å². The Kier molecular flexibility index (Phi) is 6.78. The van der Waals surface area contributed by atoms with Crippen LogP contribution in [0.25, 0.3) is 0 Å². The molecule has 0 fully saturated rings. The molecule has 2 aromatic carbocycles. The van der Waals surface area contributed by atoms with E-state index in [-0.39, 0.29) is 23.9 Å². The van der Waals surface area contributed by atoms with E-state index in [2.05, 4.69) is 32.2 Å². The average Bonchev–Trinajstić information content (AvgIpc) is 2.58. The van der Waals surface area contributed by atoms with Gasteiger partial charge in [-0.05, 0) is 55.0 Å². The Morgan fingerprint density at radius 1 is 1.07 bits per heavy atom. The van der Waals surface area contributed by atoms with Crippen molar-refractivity contribution in [2.24, 2.45) is 0 Å². The van der Waals surface area contributed by atoms with Crippen molar-refractivity contribution in [3.05, 3.63) is 64.7 Å². The number of nitrogens with zero attached hydrogens (tertiary/aromatic N) is 1. The maximum absolute atomic E-state index is 12.6. The molecule has 0 radical (unpaired) electrons. The molecule has 0 aliphatic rings. The number of hydrogen-bond acceptors (Lipinski definition) is 3. The molecule has 29 heavy (non-hydrogen) atoms. The van der Waals surface area contributed by atoms with E-state index < -0.39 is 10.0 Å². The van der Waals surface area contributed by atoms with Gasteiger partial charge in [0.05, 0.1) is 18.0 Å². The number of nitrogens with one attached hydrogen (secondary N) is 1. The lowest BCUT2D eigenvalue weighted by atomic mass is 9.87. The number of rotatable bonds is 6. The molecule has 1 N–H and O–H groups in total. The van der Waals surface area contributed by atoms with Gasteiger partial charge in [-0.3, -0.25) is 9.10 Å². The summed E-state index contributed by atoms with van der Waals surface area (Å²) in [5.74, 6) is -0.345. The number of anilines is 1. The molecular formula is C23H32N2O3S. The number of amides is 1. The van der Waals surface area contributed by atoms with Crippen molar-refractivity contribution in [1.29, 1.82) is 0 Å². The van der Waals surface area contributed by atoms with Crippen molar-refractivity contribution in [3.8, 4) is 0 Å². The quantitative estimate of drug-likeness (QED) is 0.766. The monoisotopic (exact) mass is 416 g/mol. The number of carbonyl (C=O) groups excluding carboxylic acids is 1. The first-order chi connectivity index (χ1) is 13.3. The van der Waals surface area contributed by atoms with E-state index in [0.29, 0.717) is 5.69 Å². The van der Waals surface area contributed by atoms with Crippen molar-refractivity contribution >= 4 is 21.6 Å². The minimum absolute atomic E-state index is 0.0346. The zero-order chi connectivity index (χ0) is 22.0. The van der Waals surface area contributed by atoms with Crippen LogP contribution < -0.4 is 9.62 Å². The predicted molar refractivity (Wildman–Crippen MR) is 120 cm³/mol. The van der Waals surface area contributed by atoms with E-state index in [1.54, 1.807) is 12.1 Å². The lowest BCUT2D eigenvalue weighted by Gasteiger charge is -2.25. The fraction of sp³-hybridized carbons (Fsp3) is 0.435. The molecule has 0 saturated carbocycles. The molecule has 158 valence electrons. The Hall–Kier alpha value is -2.34. The molecule has 0 saturated heterocycles. The van der Waals surface area contributed by atoms with Crippen LogP contribution in [-0.4, -0.2) is 27.1 Å². The van der Waals surface area contributed by atoms with E-state index in [1.807, 2.05) is 45.0 Å². The number of hydrogen-bond donors (Lipinski definition) is 1. The van der Waals surface area contributed by atoms with Gasteiger partial charge in [-0.2, -0.15) is 0 Å². The van der Waals surface area contributed by atoms with Crippen LogP contribution in [0.2, 0.25) is 0 Å². The Labute approximate surface area is 175 Å². The van der Waals surface area contributed by atoms with Gasteiger partial charge < -0.3 is 5.32 Å². The molecule has 5 nitrogen and oxygen atoms in total. The number of sulfonamides is 1. The van der Waals surface area contributed by atoms with E-state index >= 15 is 0 Å². The Morgan fingerprint density at radius 2 is 1.66 bits per heavy atom. The van der Waals surface area contributed by atoms with Gasteiger partial charge in [0.15, 0.2) is 0 Å². The van der Waals surface area contributed by atoms with Gasteiger partial charge in [0.1, 0.15) is 6.54 Å². The Balaban J connectivity index is 2.19. The van der Waals surface area contributed by atoms with Crippen molar-refractivity contribution in [2.45, 2.75) is 53.0 Å². The first kappa shape index (κ1) is 22.9. The average molecular weight is 417 g/mol. The molecular weight excluding hydrogens is 384 g/mol. The summed E-state index contributed by atoms with van der Waals surface area (Å²) in [5, 5.41) is 2.92. The number of aryl methyl sites for hydroxylation is 2. The van der Waals surface area contributed by atoms with Gasteiger partial charge in [0.2, 0.25) is 15.9 Å². The van der Waals surface area contributed by atoms with Crippen LogP contribution in [0.4, 0.5) is 5.69 Å². The lowest BCUT2D eigenvalue weighted by molar-refractivity contribution is -0.120. The van der Waals surface area contributed by atoms with Crippen LogP contribution in [0.5, 0.6) is 0 Å². The Bertz CT molecular complexity index is 974. The van der Waals surface area contributed by atoms with Crippen LogP contribution >= 0.6 is 0 Å². The van der Waals surface area contributed by atoms with Crippen molar-refractivity contribution in [3.63, 3.8) is 0 Å². The summed E-state index contributed by atoms with van der Waals surface area (Å²) in [5.41, 5.74) is 4.82. The summed E-state index contributed by atoms with van der Waals surface area (Å²) >= 11 is 0. The van der Waals surface area contributed by atoms with Crippen LogP contribution in [0.1, 0.15) is 56.0 Å². The third-order valence-corrected chi connectivity index (χ3v) is 6.12. The van der Waals surface area contributed by atoms with Crippen molar-refractivity contribution in [1.82, 2.24) is 5.32 Å². The summed E-state index contributed by atoms with van der Waals surface area (Å²) in [6, 6.07) is 13.2. The fourth-order valence-electron chi connectivity index (χ4n) is 3.33. The molecule has 0 unspecified atom stereocenters. The second kappa shape index (κ2) is 8.57. The lowest BCUT2D eigenvalue weighted by Crippen LogP contribution is -2.41. The van der Waals surface area contributed by atoms with Gasteiger partial charge in [-0.1, -0.05) is 56.7 Å². The predicted octanol–water partition coefficient (Wildman–Crippen LogP) is 4.24. The molecule has 0 bridgehead atoms. The summed E-state index contributed by atoms with van der Waals surface area (Å²) < 4.78 is 25.8. The first-order valence-corrected chi connectivity index (χ1v) is 11.6. The van der Waals surface area contributed by atoms with Crippen molar-refractivity contribution in [2.75, 3.05) is 17.1 Å². The Morgan fingerprint density at radius 3 is 2.14 bits per heavy atom. The number of benzene rings is 2. The highest BCUT2D eigenvalue weighted by molar-refractivity contribution is 7.92. The molecule has 0 aliphatic carbocycles.